The Morgan fingerprint density at radius 2 is 2.11 bits per heavy atom. The largest absolute Gasteiger partial charge is 0.388 e. The minimum absolute atomic E-state index is 0.00280. The third-order valence-corrected chi connectivity index (χ3v) is 3.47. The number of carbonyl (C=O) groups is 1. The Hall–Kier alpha value is -1.55. The number of aliphatic hydroxyl groups is 1. The minimum Gasteiger partial charge on any atom is -0.388 e. The van der Waals surface area contributed by atoms with Crippen LogP contribution in [0.5, 0.6) is 0 Å². The maximum Gasteiger partial charge on any atom is 0.253 e. The van der Waals surface area contributed by atoms with Gasteiger partial charge in [-0.25, -0.2) is 0 Å². The van der Waals surface area contributed by atoms with Gasteiger partial charge in [0.15, 0.2) is 0 Å². The van der Waals surface area contributed by atoms with E-state index in [0.29, 0.717) is 12.1 Å². The number of likely N-dealkylation sites (tertiary alicyclic amines) is 1. The summed E-state index contributed by atoms with van der Waals surface area (Å²) in [7, 11) is 0. The molecule has 1 atom stereocenters. The third kappa shape index (κ3) is 3.47. The quantitative estimate of drug-likeness (QED) is 0.877. The summed E-state index contributed by atoms with van der Waals surface area (Å²) in [6.45, 7) is 5.84. The first-order valence-corrected chi connectivity index (χ1v) is 6.87. The van der Waals surface area contributed by atoms with Crippen LogP contribution in [0.4, 0.5) is 5.69 Å². The van der Waals surface area contributed by atoms with Crippen LogP contribution in [0, 0.1) is 0 Å². The van der Waals surface area contributed by atoms with Crippen LogP contribution in [0.2, 0.25) is 0 Å². The van der Waals surface area contributed by atoms with E-state index in [0.717, 1.165) is 31.6 Å². The average molecular weight is 262 g/mol. The summed E-state index contributed by atoms with van der Waals surface area (Å²) < 4.78 is 0. The van der Waals surface area contributed by atoms with Crippen molar-refractivity contribution in [3.05, 3.63) is 29.8 Å². The van der Waals surface area contributed by atoms with Crippen molar-refractivity contribution in [3.8, 4) is 0 Å². The van der Waals surface area contributed by atoms with E-state index in [-0.39, 0.29) is 5.91 Å². The molecule has 1 amide bonds. The lowest BCUT2D eigenvalue weighted by Crippen LogP contribution is -2.48. The van der Waals surface area contributed by atoms with Crippen molar-refractivity contribution >= 4 is 11.6 Å². The molecule has 2 rings (SSSR count). The van der Waals surface area contributed by atoms with Gasteiger partial charge in [-0.05, 0) is 51.0 Å². The molecule has 1 unspecified atom stereocenters. The summed E-state index contributed by atoms with van der Waals surface area (Å²) >= 11 is 0. The van der Waals surface area contributed by atoms with Crippen LogP contribution in [-0.2, 0) is 0 Å². The van der Waals surface area contributed by atoms with E-state index in [1.54, 1.807) is 11.8 Å². The van der Waals surface area contributed by atoms with E-state index in [1.165, 1.54) is 0 Å². The van der Waals surface area contributed by atoms with Crippen LogP contribution >= 0.6 is 0 Å². The van der Waals surface area contributed by atoms with Gasteiger partial charge in [-0.1, -0.05) is 0 Å². The Morgan fingerprint density at radius 3 is 2.68 bits per heavy atom. The second-order valence-corrected chi connectivity index (χ2v) is 5.43. The summed E-state index contributed by atoms with van der Waals surface area (Å²) in [5, 5.41) is 13.3. The summed E-state index contributed by atoms with van der Waals surface area (Å²) in [5.41, 5.74) is 0.946. The Bertz CT molecular complexity index is 440. The standard InChI is InChI=1S/C15H22N2O2/c1-3-16-13-7-5-12(6-8-13)14(18)17-10-4-9-15(2,19)11-17/h5-8,16,19H,3-4,9-11H2,1-2H3. The number of anilines is 1. The van der Waals surface area contributed by atoms with Crippen molar-refractivity contribution in [1.82, 2.24) is 4.90 Å². The van der Waals surface area contributed by atoms with Crippen LogP contribution < -0.4 is 5.32 Å². The second-order valence-electron chi connectivity index (χ2n) is 5.43. The second kappa shape index (κ2) is 5.61. The highest BCUT2D eigenvalue weighted by molar-refractivity contribution is 5.94. The van der Waals surface area contributed by atoms with Gasteiger partial charge in [-0.2, -0.15) is 0 Å². The van der Waals surface area contributed by atoms with Gasteiger partial charge in [0.1, 0.15) is 0 Å². The monoisotopic (exact) mass is 262 g/mol. The van der Waals surface area contributed by atoms with Crippen molar-refractivity contribution in [3.63, 3.8) is 0 Å². The number of piperidine rings is 1. The first kappa shape index (κ1) is 13.9. The number of benzene rings is 1. The first-order chi connectivity index (χ1) is 9.02. The molecule has 0 aliphatic carbocycles. The van der Waals surface area contributed by atoms with Gasteiger partial charge in [0.2, 0.25) is 0 Å². The van der Waals surface area contributed by atoms with E-state index in [2.05, 4.69) is 5.32 Å². The van der Waals surface area contributed by atoms with Gasteiger partial charge >= 0.3 is 0 Å². The van der Waals surface area contributed by atoms with Crippen LogP contribution in [0.1, 0.15) is 37.0 Å². The molecule has 1 aliphatic heterocycles. The Labute approximate surface area is 114 Å². The van der Waals surface area contributed by atoms with Crippen molar-refractivity contribution in [2.75, 3.05) is 25.0 Å². The number of carbonyl (C=O) groups excluding carboxylic acids is 1. The smallest absolute Gasteiger partial charge is 0.253 e. The molecule has 0 saturated carbocycles. The van der Waals surface area contributed by atoms with Gasteiger partial charge in [-0.3, -0.25) is 4.79 Å². The summed E-state index contributed by atoms with van der Waals surface area (Å²) in [6.07, 6.45) is 1.62. The van der Waals surface area contributed by atoms with Gasteiger partial charge in [0.05, 0.1) is 5.60 Å². The first-order valence-electron chi connectivity index (χ1n) is 6.87. The zero-order valence-electron chi connectivity index (χ0n) is 11.6. The predicted octanol–water partition coefficient (Wildman–Crippen LogP) is 2.11. The number of rotatable bonds is 3. The van der Waals surface area contributed by atoms with E-state index in [9.17, 15) is 9.90 Å². The normalized spacial score (nSPS) is 23.2. The van der Waals surface area contributed by atoms with Crippen LogP contribution in [0.15, 0.2) is 24.3 Å². The summed E-state index contributed by atoms with van der Waals surface area (Å²) in [4.78, 5) is 14.1. The number of nitrogens with one attached hydrogen (secondary N) is 1. The molecule has 0 bridgehead atoms. The zero-order valence-corrected chi connectivity index (χ0v) is 11.6. The Morgan fingerprint density at radius 1 is 1.42 bits per heavy atom. The molecular formula is C15H22N2O2. The van der Waals surface area contributed by atoms with Crippen molar-refractivity contribution in [2.24, 2.45) is 0 Å². The number of β-amino-alcohol motifs (C(OH)–C–C–N with tert-alkyl or cyclic N) is 1. The lowest BCUT2D eigenvalue weighted by atomic mass is 9.94. The van der Waals surface area contributed by atoms with E-state index < -0.39 is 5.60 Å². The maximum absolute atomic E-state index is 12.4. The number of hydrogen-bond acceptors (Lipinski definition) is 3. The van der Waals surface area contributed by atoms with Crippen LogP contribution in [0.3, 0.4) is 0 Å². The fourth-order valence-electron chi connectivity index (χ4n) is 2.51. The predicted molar refractivity (Wildman–Crippen MR) is 76.4 cm³/mol. The number of nitrogens with zero attached hydrogens (tertiary/aromatic N) is 1. The molecule has 4 heteroatoms. The molecule has 0 spiro atoms. The molecule has 4 nitrogen and oxygen atoms in total. The van der Waals surface area contributed by atoms with Crippen LogP contribution in [0.25, 0.3) is 0 Å². The van der Waals surface area contributed by atoms with E-state index >= 15 is 0 Å². The molecular weight excluding hydrogens is 240 g/mol. The molecule has 104 valence electrons. The van der Waals surface area contributed by atoms with Crippen molar-refractivity contribution < 1.29 is 9.90 Å². The van der Waals surface area contributed by atoms with Gasteiger partial charge in [-0.15, -0.1) is 0 Å². The Balaban J connectivity index is 2.06. The van der Waals surface area contributed by atoms with Gasteiger partial charge in [0, 0.05) is 30.9 Å². The van der Waals surface area contributed by atoms with Crippen molar-refractivity contribution in [1.29, 1.82) is 0 Å². The maximum atomic E-state index is 12.4. The highest BCUT2D eigenvalue weighted by atomic mass is 16.3. The lowest BCUT2D eigenvalue weighted by molar-refractivity contribution is -0.0107. The minimum atomic E-state index is -0.752. The van der Waals surface area contributed by atoms with Gasteiger partial charge < -0.3 is 15.3 Å². The van der Waals surface area contributed by atoms with E-state index in [4.69, 9.17) is 0 Å². The average Bonchev–Trinajstić information content (AvgIpc) is 2.38. The van der Waals surface area contributed by atoms with Gasteiger partial charge in [0.25, 0.3) is 5.91 Å². The molecule has 0 aromatic heterocycles. The molecule has 2 N–H and O–H groups in total. The molecule has 1 aromatic carbocycles. The van der Waals surface area contributed by atoms with E-state index in [1.807, 2.05) is 31.2 Å². The molecule has 1 fully saturated rings. The summed E-state index contributed by atoms with van der Waals surface area (Å²) in [5.74, 6) is 0.00280. The SMILES string of the molecule is CCNc1ccc(C(=O)N2CCCC(C)(O)C2)cc1. The topological polar surface area (TPSA) is 52.6 Å². The fraction of sp³-hybridized carbons (Fsp3) is 0.533. The number of amides is 1. The lowest BCUT2D eigenvalue weighted by Gasteiger charge is -2.36. The molecule has 1 heterocycles. The highest BCUT2D eigenvalue weighted by Crippen LogP contribution is 2.22. The molecule has 0 radical (unpaired) electrons. The van der Waals surface area contributed by atoms with Crippen LogP contribution in [-0.4, -0.2) is 41.1 Å². The Kier molecular flexibility index (Phi) is 4.10. The molecule has 1 aliphatic rings. The third-order valence-electron chi connectivity index (χ3n) is 3.47. The number of hydrogen-bond donors (Lipinski definition) is 2. The van der Waals surface area contributed by atoms with Crippen molar-refractivity contribution in [2.45, 2.75) is 32.3 Å². The summed E-state index contributed by atoms with van der Waals surface area (Å²) in [6, 6.07) is 7.50. The highest BCUT2D eigenvalue weighted by Gasteiger charge is 2.31. The molecule has 1 aromatic rings. The molecule has 1 saturated heterocycles. The zero-order chi connectivity index (χ0) is 13.9. The molecule has 19 heavy (non-hydrogen) atoms. The fourth-order valence-corrected chi connectivity index (χ4v) is 2.51.